The summed E-state index contributed by atoms with van der Waals surface area (Å²) in [7, 11) is 0. The molecule has 0 N–H and O–H groups in total. The molecule has 34 heavy (non-hydrogen) atoms. The molecule has 2 aromatic rings. The van der Waals surface area contributed by atoms with Gasteiger partial charge in [0.2, 0.25) is 11.9 Å². The van der Waals surface area contributed by atoms with Gasteiger partial charge >= 0.3 is 0 Å². The van der Waals surface area contributed by atoms with Crippen LogP contribution in [-0.4, -0.2) is 83.8 Å². The van der Waals surface area contributed by atoms with E-state index in [-0.39, 0.29) is 23.9 Å². The van der Waals surface area contributed by atoms with Gasteiger partial charge in [-0.3, -0.25) is 9.69 Å². The van der Waals surface area contributed by atoms with Gasteiger partial charge in [0.1, 0.15) is 12.4 Å². The third kappa shape index (κ3) is 5.54. The molecule has 0 saturated carbocycles. The minimum absolute atomic E-state index is 0.00678. The zero-order valence-electron chi connectivity index (χ0n) is 19.5. The summed E-state index contributed by atoms with van der Waals surface area (Å²) in [6.07, 6.45) is 4.62. The van der Waals surface area contributed by atoms with E-state index in [1.165, 1.54) is 12.1 Å². The maximum Gasteiger partial charge on any atom is 0.248 e. The van der Waals surface area contributed by atoms with Crippen LogP contribution < -0.4 is 4.90 Å². The number of carbonyl (C=O) groups excluding carboxylic acids is 1. The lowest BCUT2D eigenvalue weighted by atomic mass is 9.92. The SMILES string of the molecule is O=C1CO[C@@]2(CCCN(Cc3ccnc(N4CCOCC4)n3)CC2)CN1Cc1ccc(F)cc1. The number of carbonyl (C=O) groups is 1. The molecule has 4 heterocycles. The van der Waals surface area contributed by atoms with Gasteiger partial charge in [0.25, 0.3) is 0 Å². The van der Waals surface area contributed by atoms with Crippen molar-refractivity contribution in [2.24, 2.45) is 0 Å². The fraction of sp³-hybridized carbons (Fsp3) is 0.560. The molecule has 182 valence electrons. The van der Waals surface area contributed by atoms with Crippen LogP contribution in [0.25, 0.3) is 0 Å². The first-order valence-electron chi connectivity index (χ1n) is 12.1. The smallest absolute Gasteiger partial charge is 0.248 e. The molecule has 3 fully saturated rings. The summed E-state index contributed by atoms with van der Waals surface area (Å²) in [4.78, 5) is 28.3. The second kappa shape index (κ2) is 10.3. The van der Waals surface area contributed by atoms with Crippen molar-refractivity contribution in [1.82, 2.24) is 19.8 Å². The fourth-order valence-corrected chi connectivity index (χ4v) is 5.04. The van der Waals surface area contributed by atoms with Gasteiger partial charge in [0, 0.05) is 38.9 Å². The molecular formula is C25H32FN5O3. The lowest BCUT2D eigenvalue weighted by molar-refractivity contribution is -0.166. The molecule has 5 rings (SSSR count). The molecule has 8 nitrogen and oxygen atoms in total. The summed E-state index contributed by atoms with van der Waals surface area (Å²) < 4.78 is 24.9. The number of hydrogen-bond donors (Lipinski definition) is 0. The summed E-state index contributed by atoms with van der Waals surface area (Å²) >= 11 is 0. The van der Waals surface area contributed by atoms with E-state index in [1.807, 2.05) is 17.2 Å². The molecule has 1 atom stereocenters. The van der Waals surface area contributed by atoms with Gasteiger partial charge in [-0.2, -0.15) is 0 Å². The molecule has 0 aliphatic carbocycles. The van der Waals surface area contributed by atoms with Crippen molar-refractivity contribution in [2.45, 2.75) is 38.0 Å². The van der Waals surface area contributed by atoms with Crippen LogP contribution in [0.5, 0.6) is 0 Å². The maximum absolute atomic E-state index is 13.3. The topological polar surface area (TPSA) is 71.0 Å². The molecule has 0 radical (unpaired) electrons. The van der Waals surface area contributed by atoms with Crippen LogP contribution >= 0.6 is 0 Å². The number of nitrogens with zero attached hydrogens (tertiary/aromatic N) is 5. The predicted octanol–water partition coefficient (Wildman–Crippen LogP) is 2.24. The Labute approximate surface area is 199 Å². The number of amides is 1. The average Bonchev–Trinajstić information content (AvgIpc) is 3.06. The van der Waals surface area contributed by atoms with Crippen LogP contribution in [0.15, 0.2) is 36.5 Å². The Morgan fingerprint density at radius 1 is 1.00 bits per heavy atom. The average molecular weight is 470 g/mol. The number of benzene rings is 1. The number of halogens is 1. The monoisotopic (exact) mass is 469 g/mol. The highest BCUT2D eigenvalue weighted by molar-refractivity contribution is 5.78. The van der Waals surface area contributed by atoms with Crippen LogP contribution in [0.2, 0.25) is 0 Å². The van der Waals surface area contributed by atoms with E-state index in [4.69, 9.17) is 14.5 Å². The van der Waals surface area contributed by atoms with E-state index in [0.29, 0.717) is 26.3 Å². The van der Waals surface area contributed by atoms with Crippen molar-refractivity contribution < 1.29 is 18.7 Å². The fourth-order valence-electron chi connectivity index (χ4n) is 5.04. The quantitative estimate of drug-likeness (QED) is 0.665. The van der Waals surface area contributed by atoms with Crippen molar-refractivity contribution >= 4 is 11.9 Å². The number of morpholine rings is 2. The van der Waals surface area contributed by atoms with Gasteiger partial charge in [-0.05, 0) is 49.6 Å². The Hall–Kier alpha value is -2.62. The first-order chi connectivity index (χ1) is 16.6. The molecule has 0 bridgehead atoms. The molecule has 3 aliphatic heterocycles. The van der Waals surface area contributed by atoms with Crippen molar-refractivity contribution in [3.05, 3.63) is 53.6 Å². The van der Waals surface area contributed by atoms with Gasteiger partial charge in [-0.1, -0.05) is 12.1 Å². The van der Waals surface area contributed by atoms with Gasteiger partial charge < -0.3 is 19.3 Å². The lowest BCUT2D eigenvalue weighted by Crippen LogP contribution is -2.54. The van der Waals surface area contributed by atoms with E-state index < -0.39 is 0 Å². The third-order valence-electron chi connectivity index (χ3n) is 6.99. The van der Waals surface area contributed by atoms with Crippen molar-refractivity contribution in [3.8, 4) is 0 Å². The Morgan fingerprint density at radius 3 is 2.65 bits per heavy atom. The summed E-state index contributed by atoms with van der Waals surface area (Å²) in [5.41, 5.74) is 1.62. The summed E-state index contributed by atoms with van der Waals surface area (Å²) in [6.45, 7) is 6.85. The summed E-state index contributed by atoms with van der Waals surface area (Å²) in [6, 6.07) is 8.36. The standard InChI is InChI=1S/C25H32FN5O3/c26-21-4-2-20(3-5-21)16-31-19-25(34-18-23(31)32)7-1-10-29(11-8-25)17-22-6-9-27-24(28-22)30-12-14-33-15-13-30/h2-6,9H,1,7-8,10-19H2/t25-/m1/s1. The molecular weight excluding hydrogens is 437 g/mol. The van der Waals surface area contributed by atoms with Crippen molar-refractivity contribution in [3.63, 3.8) is 0 Å². The summed E-state index contributed by atoms with van der Waals surface area (Å²) in [5, 5.41) is 0. The zero-order chi connectivity index (χ0) is 23.4. The Morgan fingerprint density at radius 2 is 1.82 bits per heavy atom. The molecule has 9 heteroatoms. The normalized spacial score (nSPS) is 24.4. The number of rotatable bonds is 5. The van der Waals surface area contributed by atoms with E-state index in [9.17, 15) is 9.18 Å². The van der Waals surface area contributed by atoms with Crippen LogP contribution in [-0.2, 0) is 27.4 Å². The molecule has 3 aliphatic rings. The lowest BCUT2D eigenvalue weighted by Gasteiger charge is -2.42. The maximum atomic E-state index is 13.3. The van der Waals surface area contributed by atoms with Crippen LogP contribution in [0.3, 0.4) is 0 Å². The highest BCUT2D eigenvalue weighted by Crippen LogP contribution is 2.31. The molecule has 0 unspecified atom stereocenters. The van der Waals surface area contributed by atoms with E-state index in [1.54, 1.807) is 12.1 Å². The number of ether oxygens (including phenoxy) is 2. The van der Waals surface area contributed by atoms with Gasteiger partial charge in [-0.25, -0.2) is 14.4 Å². The van der Waals surface area contributed by atoms with Crippen molar-refractivity contribution in [1.29, 1.82) is 0 Å². The second-order valence-corrected chi connectivity index (χ2v) is 9.43. The largest absolute Gasteiger partial charge is 0.378 e. The Balaban J connectivity index is 1.20. The van der Waals surface area contributed by atoms with Crippen LogP contribution in [0.4, 0.5) is 10.3 Å². The highest BCUT2D eigenvalue weighted by atomic mass is 19.1. The van der Waals surface area contributed by atoms with E-state index in [0.717, 1.165) is 69.2 Å². The van der Waals surface area contributed by atoms with Gasteiger partial charge in [0.15, 0.2) is 0 Å². The predicted molar refractivity (Wildman–Crippen MR) is 125 cm³/mol. The first kappa shape index (κ1) is 23.1. The minimum Gasteiger partial charge on any atom is -0.378 e. The Kier molecular flexibility index (Phi) is 7.03. The van der Waals surface area contributed by atoms with Gasteiger partial charge in [-0.15, -0.1) is 0 Å². The Bertz CT molecular complexity index is 985. The van der Waals surface area contributed by atoms with Crippen molar-refractivity contribution in [2.75, 3.05) is 57.4 Å². The third-order valence-corrected chi connectivity index (χ3v) is 6.99. The molecule has 1 spiro atoms. The van der Waals surface area contributed by atoms with E-state index in [2.05, 4.69) is 14.8 Å². The zero-order valence-corrected chi connectivity index (χ0v) is 19.5. The second-order valence-electron chi connectivity index (χ2n) is 9.43. The molecule has 3 saturated heterocycles. The highest BCUT2D eigenvalue weighted by Gasteiger charge is 2.40. The number of hydrogen-bond acceptors (Lipinski definition) is 7. The molecule has 1 aromatic carbocycles. The number of likely N-dealkylation sites (tertiary alicyclic amines) is 1. The molecule has 1 aromatic heterocycles. The van der Waals surface area contributed by atoms with Crippen LogP contribution in [0, 0.1) is 5.82 Å². The summed E-state index contributed by atoms with van der Waals surface area (Å²) in [5.74, 6) is 0.503. The van der Waals surface area contributed by atoms with Crippen LogP contribution in [0.1, 0.15) is 30.5 Å². The number of aromatic nitrogens is 2. The first-order valence-corrected chi connectivity index (χ1v) is 12.1. The number of anilines is 1. The van der Waals surface area contributed by atoms with E-state index >= 15 is 0 Å². The van der Waals surface area contributed by atoms with Gasteiger partial charge in [0.05, 0.1) is 31.1 Å². The molecule has 1 amide bonds. The minimum atomic E-state index is -0.326.